The molecule has 0 saturated heterocycles. The Hall–Kier alpha value is -0.0800. The SMILES string of the molecule is CCC(C)C(C)(C)N.CCCCCCC(C)C(C)(C)N. The quantitative estimate of drug-likeness (QED) is 0.610. The van der Waals surface area contributed by atoms with Crippen LogP contribution in [0.4, 0.5) is 0 Å². The van der Waals surface area contributed by atoms with Crippen LogP contribution in [0.3, 0.4) is 0 Å². The number of nitrogens with two attached hydrogens (primary N) is 2. The Labute approximate surface area is 129 Å². The molecule has 0 heterocycles. The fraction of sp³-hybridized carbons (Fsp3) is 1.00. The molecular weight excluding hydrogens is 244 g/mol. The first kappa shape index (κ1) is 22.2. The summed E-state index contributed by atoms with van der Waals surface area (Å²) in [5.74, 6) is 1.27. The molecule has 4 N–H and O–H groups in total. The van der Waals surface area contributed by atoms with Crippen molar-refractivity contribution in [2.24, 2.45) is 23.3 Å². The van der Waals surface area contributed by atoms with E-state index >= 15 is 0 Å². The van der Waals surface area contributed by atoms with Crippen LogP contribution < -0.4 is 11.5 Å². The molecule has 2 heteroatoms. The van der Waals surface area contributed by atoms with Gasteiger partial charge in [-0.2, -0.15) is 0 Å². The number of rotatable bonds is 8. The highest BCUT2D eigenvalue weighted by atomic mass is 14.7. The molecule has 0 saturated carbocycles. The van der Waals surface area contributed by atoms with E-state index in [0.29, 0.717) is 11.8 Å². The fourth-order valence-corrected chi connectivity index (χ4v) is 1.78. The average Bonchev–Trinajstić information content (AvgIpc) is 2.31. The molecule has 0 aromatic carbocycles. The number of unbranched alkanes of at least 4 members (excludes halogenated alkanes) is 3. The van der Waals surface area contributed by atoms with Gasteiger partial charge in [0.05, 0.1) is 0 Å². The largest absolute Gasteiger partial charge is 0.325 e. The van der Waals surface area contributed by atoms with Gasteiger partial charge in [-0.25, -0.2) is 0 Å². The first-order chi connectivity index (χ1) is 8.96. The van der Waals surface area contributed by atoms with E-state index in [0.717, 1.165) is 0 Å². The van der Waals surface area contributed by atoms with E-state index in [1.54, 1.807) is 0 Å². The Morgan fingerprint density at radius 2 is 1.20 bits per heavy atom. The van der Waals surface area contributed by atoms with Crippen molar-refractivity contribution < 1.29 is 0 Å². The van der Waals surface area contributed by atoms with Crippen LogP contribution in [-0.2, 0) is 0 Å². The van der Waals surface area contributed by atoms with E-state index in [1.165, 1.54) is 38.5 Å². The predicted octanol–water partition coefficient (Wildman–Crippen LogP) is 5.10. The molecule has 0 aliphatic carbocycles. The minimum absolute atomic E-state index is 0.00617. The Balaban J connectivity index is 0. The van der Waals surface area contributed by atoms with Crippen molar-refractivity contribution >= 4 is 0 Å². The molecule has 0 aromatic rings. The molecule has 0 bridgehead atoms. The normalized spacial score (nSPS) is 15.3. The summed E-state index contributed by atoms with van der Waals surface area (Å²) < 4.78 is 0. The van der Waals surface area contributed by atoms with Gasteiger partial charge in [-0.15, -0.1) is 0 Å². The van der Waals surface area contributed by atoms with Crippen LogP contribution in [0.5, 0.6) is 0 Å². The lowest BCUT2D eigenvalue weighted by Gasteiger charge is -2.27. The predicted molar refractivity (Wildman–Crippen MR) is 93.9 cm³/mol. The standard InChI is InChI=1S/C11H25N.C7H17N/c1-5-6-7-8-9-10(2)11(3,4)12;1-5-6(2)7(3,4)8/h10H,5-9,12H2,1-4H3;6H,5,8H2,1-4H3. The third-order valence-electron chi connectivity index (χ3n) is 4.64. The Bertz CT molecular complexity index is 210. The van der Waals surface area contributed by atoms with Gasteiger partial charge in [0, 0.05) is 11.1 Å². The molecule has 124 valence electrons. The van der Waals surface area contributed by atoms with E-state index in [2.05, 4.69) is 55.4 Å². The van der Waals surface area contributed by atoms with Crippen molar-refractivity contribution in [2.75, 3.05) is 0 Å². The second-order valence-corrected chi connectivity index (χ2v) is 7.70. The first-order valence-corrected chi connectivity index (χ1v) is 8.54. The zero-order valence-corrected chi connectivity index (χ0v) is 15.6. The van der Waals surface area contributed by atoms with Crippen LogP contribution in [0, 0.1) is 11.8 Å². The van der Waals surface area contributed by atoms with Gasteiger partial charge in [0.2, 0.25) is 0 Å². The first-order valence-electron chi connectivity index (χ1n) is 8.54. The monoisotopic (exact) mass is 286 g/mol. The topological polar surface area (TPSA) is 52.0 Å². The molecule has 2 nitrogen and oxygen atoms in total. The fourth-order valence-electron chi connectivity index (χ4n) is 1.78. The zero-order valence-electron chi connectivity index (χ0n) is 15.6. The Kier molecular flexibility index (Phi) is 11.8. The number of hydrogen-bond donors (Lipinski definition) is 2. The van der Waals surface area contributed by atoms with Crippen molar-refractivity contribution in [2.45, 2.75) is 105 Å². The van der Waals surface area contributed by atoms with Crippen molar-refractivity contribution in [1.82, 2.24) is 0 Å². The summed E-state index contributed by atoms with van der Waals surface area (Å²) in [4.78, 5) is 0. The lowest BCUT2D eigenvalue weighted by molar-refractivity contribution is 0.317. The van der Waals surface area contributed by atoms with Crippen LogP contribution >= 0.6 is 0 Å². The number of hydrogen-bond acceptors (Lipinski definition) is 2. The second kappa shape index (κ2) is 10.6. The maximum Gasteiger partial charge on any atom is 0.0123 e. The van der Waals surface area contributed by atoms with Gasteiger partial charge in [0.25, 0.3) is 0 Å². The van der Waals surface area contributed by atoms with Gasteiger partial charge in [-0.05, 0) is 46.0 Å². The highest BCUT2D eigenvalue weighted by Gasteiger charge is 2.19. The third-order valence-corrected chi connectivity index (χ3v) is 4.64. The van der Waals surface area contributed by atoms with Crippen molar-refractivity contribution in [3.63, 3.8) is 0 Å². The van der Waals surface area contributed by atoms with Gasteiger partial charge in [0.15, 0.2) is 0 Å². The molecule has 0 rings (SSSR count). The molecule has 2 atom stereocenters. The van der Waals surface area contributed by atoms with Gasteiger partial charge in [-0.1, -0.05) is 59.8 Å². The summed E-state index contributed by atoms with van der Waals surface area (Å²) in [7, 11) is 0. The average molecular weight is 287 g/mol. The van der Waals surface area contributed by atoms with E-state index in [4.69, 9.17) is 11.5 Å². The summed E-state index contributed by atoms with van der Waals surface area (Å²) in [5.41, 5.74) is 11.8. The maximum atomic E-state index is 5.99. The van der Waals surface area contributed by atoms with E-state index in [-0.39, 0.29) is 11.1 Å². The summed E-state index contributed by atoms with van der Waals surface area (Å²) in [6, 6.07) is 0. The van der Waals surface area contributed by atoms with Crippen LogP contribution in [0.1, 0.15) is 93.9 Å². The van der Waals surface area contributed by atoms with Crippen molar-refractivity contribution in [3.8, 4) is 0 Å². The van der Waals surface area contributed by atoms with E-state index in [9.17, 15) is 0 Å². The van der Waals surface area contributed by atoms with Crippen molar-refractivity contribution in [3.05, 3.63) is 0 Å². The summed E-state index contributed by atoms with van der Waals surface area (Å²) in [6.45, 7) is 17.2. The molecule has 0 amide bonds. The summed E-state index contributed by atoms with van der Waals surface area (Å²) in [5, 5.41) is 0. The zero-order chi connectivity index (χ0) is 16.4. The molecule has 0 aliphatic heterocycles. The minimum atomic E-state index is 0.00617. The maximum absolute atomic E-state index is 5.99. The lowest BCUT2D eigenvalue weighted by Crippen LogP contribution is -2.39. The Morgan fingerprint density at radius 3 is 1.45 bits per heavy atom. The van der Waals surface area contributed by atoms with Gasteiger partial charge in [0.1, 0.15) is 0 Å². The van der Waals surface area contributed by atoms with Gasteiger partial charge in [-0.3, -0.25) is 0 Å². The molecule has 0 aliphatic rings. The molecule has 2 unspecified atom stereocenters. The van der Waals surface area contributed by atoms with Crippen LogP contribution in [-0.4, -0.2) is 11.1 Å². The Morgan fingerprint density at radius 1 is 0.750 bits per heavy atom. The molecule has 0 fully saturated rings. The van der Waals surface area contributed by atoms with Gasteiger partial charge >= 0.3 is 0 Å². The molecule has 0 aromatic heterocycles. The highest BCUT2D eigenvalue weighted by Crippen LogP contribution is 2.19. The smallest absolute Gasteiger partial charge is 0.0123 e. The van der Waals surface area contributed by atoms with Crippen molar-refractivity contribution in [1.29, 1.82) is 0 Å². The summed E-state index contributed by atoms with van der Waals surface area (Å²) >= 11 is 0. The third kappa shape index (κ3) is 12.9. The van der Waals surface area contributed by atoms with Gasteiger partial charge < -0.3 is 11.5 Å². The van der Waals surface area contributed by atoms with E-state index in [1.807, 2.05) is 0 Å². The molecule has 0 radical (unpaired) electrons. The van der Waals surface area contributed by atoms with Crippen LogP contribution in [0.2, 0.25) is 0 Å². The highest BCUT2D eigenvalue weighted by molar-refractivity contribution is 4.78. The molecule has 20 heavy (non-hydrogen) atoms. The summed E-state index contributed by atoms with van der Waals surface area (Å²) in [6.07, 6.45) is 7.86. The lowest BCUT2D eigenvalue weighted by atomic mass is 9.86. The molecule has 0 spiro atoms. The second-order valence-electron chi connectivity index (χ2n) is 7.70. The van der Waals surface area contributed by atoms with Crippen LogP contribution in [0.25, 0.3) is 0 Å². The minimum Gasteiger partial charge on any atom is -0.325 e. The van der Waals surface area contributed by atoms with Crippen LogP contribution in [0.15, 0.2) is 0 Å². The molecular formula is C18H42N2. The van der Waals surface area contributed by atoms with E-state index < -0.39 is 0 Å².